The molecule has 0 amide bonds. The summed E-state index contributed by atoms with van der Waals surface area (Å²) in [5.74, 6) is -0.254. The Morgan fingerprint density at radius 1 is 1.19 bits per heavy atom. The van der Waals surface area contributed by atoms with Crippen molar-refractivity contribution in [1.82, 2.24) is 4.90 Å². The van der Waals surface area contributed by atoms with Gasteiger partial charge in [-0.2, -0.15) is 0 Å². The van der Waals surface area contributed by atoms with Crippen molar-refractivity contribution in [3.8, 4) is 0 Å². The maximum atomic E-state index is 12.7. The number of likely N-dealkylation sites (tertiary alicyclic amines) is 1. The second-order valence-corrected chi connectivity index (χ2v) is 4.40. The van der Waals surface area contributed by atoms with Crippen molar-refractivity contribution < 1.29 is 9.50 Å². The van der Waals surface area contributed by atoms with Crippen LogP contribution in [0.2, 0.25) is 0 Å². The van der Waals surface area contributed by atoms with Crippen molar-refractivity contribution in [2.45, 2.75) is 25.4 Å². The van der Waals surface area contributed by atoms with Crippen LogP contribution in [-0.4, -0.2) is 29.6 Å². The first-order valence-corrected chi connectivity index (χ1v) is 5.91. The Morgan fingerprint density at radius 3 is 2.44 bits per heavy atom. The standard InChI is InChI=1S/C13H18FNO/c14-12-5-3-11(4-6-12)13(16)7-10-15-8-1-2-9-15/h3-6,13,16H,1-2,7-10H2. The van der Waals surface area contributed by atoms with Gasteiger partial charge in [0.05, 0.1) is 6.10 Å². The maximum Gasteiger partial charge on any atom is 0.123 e. The van der Waals surface area contributed by atoms with Gasteiger partial charge in [-0.3, -0.25) is 0 Å². The zero-order valence-electron chi connectivity index (χ0n) is 9.40. The Morgan fingerprint density at radius 2 is 1.81 bits per heavy atom. The van der Waals surface area contributed by atoms with E-state index in [1.807, 2.05) is 0 Å². The fraction of sp³-hybridized carbons (Fsp3) is 0.538. The van der Waals surface area contributed by atoms with Crippen LogP contribution in [0.15, 0.2) is 24.3 Å². The summed E-state index contributed by atoms with van der Waals surface area (Å²) in [7, 11) is 0. The van der Waals surface area contributed by atoms with Crippen LogP contribution < -0.4 is 0 Å². The monoisotopic (exact) mass is 223 g/mol. The average Bonchev–Trinajstić information content (AvgIpc) is 2.80. The van der Waals surface area contributed by atoms with Crippen LogP contribution in [0.4, 0.5) is 4.39 Å². The van der Waals surface area contributed by atoms with Crippen LogP contribution in [0, 0.1) is 5.82 Å². The van der Waals surface area contributed by atoms with E-state index in [0.717, 1.165) is 31.6 Å². The van der Waals surface area contributed by atoms with Gasteiger partial charge in [-0.15, -0.1) is 0 Å². The molecule has 0 spiro atoms. The molecule has 1 aliphatic rings. The highest BCUT2D eigenvalue weighted by Gasteiger charge is 2.14. The summed E-state index contributed by atoms with van der Waals surface area (Å²) in [5, 5.41) is 9.92. The van der Waals surface area contributed by atoms with Crippen LogP contribution in [0.1, 0.15) is 30.9 Å². The van der Waals surface area contributed by atoms with E-state index in [4.69, 9.17) is 0 Å². The Hall–Kier alpha value is -0.930. The van der Waals surface area contributed by atoms with Gasteiger partial charge in [0.15, 0.2) is 0 Å². The molecule has 1 atom stereocenters. The van der Waals surface area contributed by atoms with Crippen molar-refractivity contribution in [2.75, 3.05) is 19.6 Å². The van der Waals surface area contributed by atoms with E-state index in [1.54, 1.807) is 12.1 Å². The first-order valence-electron chi connectivity index (χ1n) is 5.91. The van der Waals surface area contributed by atoms with Crippen LogP contribution in [-0.2, 0) is 0 Å². The third-order valence-electron chi connectivity index (χ3n) is 3.17. The third kappa shape index (κ3) is 3.03. The summed E-state index contributed by atoms with van der Waals surface area (Å²) in [4.78, 5) is 2.37. The van der Waals surface area contributed by atoms with Gasteiger partial charge in [0.25, 0.3) is 0 Å². The smallest absolute Gasteiger partial charge is 0.123 e. The van der Waals surface area contributed by atoms with Gasteiger partial charge >= 0.3 is 0 Å². The number of rotatable bonds is 4. The summed E-state index contributed by atoms with van der Waals surface area (Å²) in [6, 6.07) is 6.11. The van der Waals surface area contributed by atoms with E-state index in [2.05, 4.69) is 4.90 Å². The summed E-state index contributed by atoms with van der Waals surface area (Å²) in [5.41, 5.74) is 0.806. The minimum atomic E-state index is -0.471. The highest BCUT2D eigenvalue weighted by molar-refractivity contribution is 5.18. The van der Waals surface area contributed by atoms with Gasteiger partial charge in [-0.1, -0.05) is 12.1 Å². The first kappa shape index (κ1) is 11.6. The molecule has 16 heavy (non-hydrogen) atoms. The molecule has 1 aromatic carbocycles. The van der Waals surface area contributed by atoms with E-state index in [1.165, 1.54) is 25.0 Å². The lowest BCUT2D eigenvalue weighted by molar-refractivity contribution is 0.149. The number of hydrogen-bond donors (Lipinski definition) is 1. The van der Waals surface area contributed by atoms with Crippen LogP contribution >= 0.6 is 0 Å². The van der Waals surface area contributed by atoms with Crippen LogP contribution in [0.5, 0.6) is 0 Å². The molecule has 1 unspecified atom stereocenters. The maximum absolute atomic E-state index is 12.7. The van der Waals surface area contributed by atoms with Crippen molar-refractivity contribution >= 4 is 0 Å². The van der Waals surface area contributed by atoms with Crippen molar-refractivity contribution in [3.05, 3.63) is 35.6 Å². The number of nitrogens with zero attached hydrogens (tertiary/aromatic N) is 1. The highest BCUT2D eigenvalue weighted by Crippen LogP contribution is 2.18. The molecule has 1 heterocycles. The van der Waals surface area contributed by atoms with E-state index >= 15 is 0 Å². The number of hydrogen-bond acceptors (Lipinski definition) is 2. The normalized spacial score (nSPS) is 18.9. The molecule has 0 radical (unpaired) electrons. The molecule has 88 valence electrons. The molecule has 3 heteroatoms. The average molecular weight is 223 g/mol. The molecule has 0 saturated carbocycles. The van der Waals surface area contributed by atoms with E-state index in [9.17, 15) is 9.50 Å². The second kappa shape index (κ2) is 5.41. The molecule has 1 fully saturated rings. The van der Waals surface area contributed by atoms with Gasteiger partial charge in [-0.25, -0.2) is 4.39 Å². The molecule has 0 bridgehead atoms. The molecule has 1 aromatic rings. The number of aliphatic hydroxyl groups excluding tert-OH is 1. The lowest BCUT2D eigenvalue weighted by Gasteiger charge is -2.17. The quantitative estimate of drug-likeness (QED) is 0.847. The SMILES string of the molecule is OC(CCN1CCCC1)c1ccc(F)cc1. The molecule has 0 aromatic heterocycles. The predicted molar refractivity (Wildman–Crippen MR) is 61.7 cm³/mol. The molecule has 2 rings (SSSR count). The Labute approximate surface area is 95.7 Å². The lowest BCUT2D eigenvalue weighted by atomic mass is 10.1. The van der Waals surface area contributed by atoms with E-state index < -0.39 is 6.10 Å². The summed E-state index contributed by atoms with van der Waals surface area (Å²) in [6.45, 7) is 3.23. The molecule has 1 aliphatic heterocycles. The first-order chi connectivity index (χ1) is 7.75. The molecule has 1 saturated heterocycles. The Kier molecular flexibility index (Phi) is 3.91. The summed E-state index contributed by atoms with van der Waals surface area (Å²) >= 11 is 0. The fourth-order valence-electron chi connectivity index (χ4n) is 2.16. The van der Waals surface area contributed by atoms with E-state index in [0.29, 0.717) is 0 Å². The molecule has 2 nitrogen and oxygen atoms in total. The summed E-state index contributed by atoms with van der Waals surface area (Å²) < 4.78 is 12.7. The molecular weight excluding hydrogens is 205 g/mol. The van der Waals surface area contributed by atoms with Crippen molar-refractivity contribution in [3.63, 3.8) is 0 Å². The van der Waals surface area contributed by atoms with Gasteiger partial charge in [0, 0.05) is 6.54 Å². The van der Waals surface area contributed by atoms with Gasteiger partial charge < -0.3 is 10.0 Å². The van der Waals surface area contributed by atoms with Crippen molar-refractivity contribution in [1.29, 1.82) is 0 Å². The molecular formula is C13H18FNO. The number of benzene rings is 1. The number of aliphatic hydroxyl groups is 1. The largest absolute Gasteiger partial charge is 0.388 e. The summed E-state index contributed by atoms with van der Waals surface area (Å²) in [6.07, 6.45) is 2.80. The van der Waals surface area contributed by atoms with Gasteiger partial charge in [0.1, 0.15) is 5.82 Å². The lowest BCUT2D eigenvalue weighted by Crippen LogP contribution is -2.22. The minimum Gasteiger partial charge on any atom is -0.388 e. The van der Waals surface area contributed by atoms with Crippen LogP contribution in [0.25, 0.3) is 0 Å². The zero-order chi connectivity index (χ0) is 11.4. The van der Waals surface area contributed by atoms with Crippen LogP contribution in [0.3, 0.4) is 0 Å². The highest BCUT2D eigenvalue weighted by atomic mass is 19.1. The molecule has 1 N–H and O–H groups in total. The van der Waals surface area contributed by atoms with Gasteiger partial charge in [0.2, 0.25) is 0 Å². The Bertz CT molecular complexity index is 319. The second-order valence-electron chi connectivity index (χ2n) is 4.40. The zero-order valence-corrected chi connectivity index (χ0v) is 9.40. The fourth-order valence-corrected chi connectivity index (χ4v) is 2.16. The molecule has 0 aliphatic carbocycles. The number of halogens is 1. The Balaban J connectivity index is 1.82. The topological polar surface area (TPSA) is 23.5 Å². The third-order valence-corrected chi connectivity index (χ3v) is 3.17. The van der Waals surface area contributed by atoms with Gasteiger partial charge in [-0.05, 0) is 50.0 Å². The van der Waals surface area contributed by atoms with E-state index in [-0.39, 0.29) is 5.82 Å². The van der Waals surface area contributed by atoms with Crippen molar-refractivity contribution in [2.24, 2.45) is 0 Å². The minimum absolute atomic E-state index is 0.254. The predicted octanol–water partition coefficient (Wildman–Crippen LogP) is 2.35.